The van der Waals surface area contributed by atoms with Crippen molar-refractivity contribution in [3.8, 4) is 11.1 Å². The Morgan fingerprint density at radius 1 is 0.950 bits per heavy atom. The zero-order chi connectivity index (χ0) is 14.9. The van der Waals surface area contributed by atoms with E-state index in [1.54, 1.807) is 6.07 Å². The maximum Gasteiger partial charge on any atom is 0.0686 e. The van der Waals surface area contributed by atoms with Crippen LogP contribution in [-0.2, 0) is 6.54 Å². The fourth-order valence-corrected chi connectivity index (χ4v) is 3.08. The van der Waals surface area contributed by atoms with E-state index in [-0.39, 0.29) is 0 Å². The molecule has 0 spiro atoms. The van der Waals surface area contributed by atoms with Crippen LogP contribution in [0.4, 0.5) is 0 Å². The molecule has 0 amide bonds. The van der Waals surface area contributed by atoms with E-state index in [1.807, 2.05) is 26.1 Å². The van der Waals surface area contributed by atoms with E-state index >= 15 is 0 Å². The van der Waals surface area contributed by atoms with Gasteiger partial charge in [-0.15, -0.1) is 0 Å². The topological polar surface area (TPSA) is 12.0 Å². The normalized spacial score (nSPS) is 10.9. The summed E-state index contributed by atoms with van der Waals surface area (Å²) in [6.07, 6.45) is 0. The van der Waals surface area contributed by atoms with E-state index in [9.17, 15) is 0 Å². The minimum Gasteiger partial charge on any atom is -0.316 e. The first-order valence-electron chi connectivity index (χ1n) is 6.03. The van der Waals surface area contributed by atoms with Crippen molar-refractivity contribution in [1.29, 1.82) is 0 Å². The van der Waals surface area contributed by atoms with Crippen LogP contribution >= 0.6 is 46.4 Å². The van der Waals surface area contributed by atoms with Crippen LogP contribution in [0.3, 0.4) is 0 Å². The molecule has 0 heterocycles. The Kier molecular flexibility index (Phi) is 5.22. The summed E-state index contributed by atoms with van der Waals surface area (Å²) in [6.45, 7) is 2.76. The van der Waals surface area contributed by atoms with E-state index < -0.39 is 0 Å². The van der Waals surface area contributed by atoms with E-state index in [0.29, 0.717) is 25.7 Å². The molecule has 2 aromatic rings. The van der Waals surface area contributed by atoms with Gasteiger partial charge in [0.2, 0.25) is 0 Å². The molecule has 0 aliphatic rings. The van der Waals surface area contributed by atoms with Crippen molar-refractivity contribution < 1.29 is 0 Å². The molecular formula is C15H13Cl4N. The summed E-state index contributed by atoms with van der Waals surface area (Å²) < 4.78 is 0. The van der Waals surface area contributed by atoms with E-state index in [2.05, 4.69) is 11.4 Å². The first-order valence-corrected chi connectivity index (χ1v) is 7.54. The Labute approximate surface area is 138 Å². The van der Waals surface area contributed by atoms with Gasteiger partial charge in [-0.2, -0.15) is 0 Å². The molecule has 0 atom stereocenters. The number of nitrogens with one attached hydrogen (secondary N) is 1. The third-order valence-electron chi connectivity index (χ3n) is 3.06. The molecule has 0 aliphatic carbocycles. The fraction of sp³-hybridized carbons (Fsp3) is 0.200. The average Bonchev–Trinajstić information content (AvgIpc) is 2.40. The first-order chi connectivity index (χ1) is 9.45. The van der Waals surface area contributed by atoms with Crippen molar-refractivity contribution in [2.75, 3.05) is 7.05 Å². The number of halogens is 4. The summed E-state index contributed by atoms with van der Waals surface area (Å²) in [7, 11) is 1.90. The minimum absolute atomic E-state index is 0.398. The lowest BCUT2D eigenvalue weighted by Crippen LogP contribution is -2.05. The molecular weight excluding hydrogens is 336 g/mol. The van der Waals surface area contributed by atoms with Gasteiger partial charge in [-0.25, -0.2) is 0 Å². The summed E-state index contributed by atoms with van der Waals surface area (Å²) in [5.74, 6) is 0. The van der Waals surface area contributed by atoms with Crippen molar-refractivity contribution >= 4 is 46.4 Å². The maximum atomic E-state index is 6.32. The maximum absolute atomic E-state index is 6.32. The molecule has 0 fully saturated rings. The number of aryl methyl sites for hydroxylation is 1. The van der Waals surface area contributed by atoms with Gasteiger partial charge in [0, 0.05) is 12.1 Å². The molecule has 1 nitrogen and oxygen atoms in total. The second kappa shape index (κ2) is 6.55. The smallest absolute Gasteiger partial charge is 0.0686 e. The average molecular weight is 349 g/mol. The van der Waals surface area contributed by atoms with Gasteiger partial charge in [0.25, 0.3) is 0 Å². The largest absolute Gasteiger partial charge is 0.316 e. The van der Waals surface area contributed by atoms with Crippen LogP contribution in [0.25, 0.3) is 11.1 Å². The molecule has 5 heteroatoms. The molecule has 1 N–H and O–H groups in total. The molecule has 0 saturated heterocycles. The van der Waals surface area contributed by atoms with Crippen molar-refractivity contribution in [3.05, 3.63) is 55.5 Å². The predicted octanol–water partition coefficient (Wildman–Crippen LogP) is 6.00. The highest BCUT2D eigenvalue weighted by molar-refractivity contribution is 6.50. The highest BCUT2D eigenvalue weighted by Crippen LogP contribution is 2.44. The summed E-state index contributed by atoms with van der Waals surface area (Å²) in [4.78, 5) is 0. The van der Waals surface area contributed by atoms with Crippen LogP contribution < -0.4 is 5.32 Å². The quantitative estimate of drug-likeness (QED) is 0.671. The molecule has 0 bridgehead atoms. The van der Waals surface area contributed by atoms with Gasteiger partial charge < -0.3 is 5.32 Å². The Bertz CT molecular complexity index is 627. The SMILES string of the molecule is CNCc1ccc(C)c(-c2c(Cl)c(Cl)cc(Cl)c2Cl)c1. The zero-order valence-electron chi connectivity index (χ0n) is 11.0. The van der Waals surface area contributed by atoms with Crippen LogP contribution in [0.2, 0.25) is 20.1 Å². The zero-order valence-corrected chi connectivity index (χ0v) is 14.1. The highest BCUT2D eigenvalue weighted by Gasteiger charge is 2.17. The molecule has 106 valence electrons. The summed E-state index contributed by atoms with van der Waals surface area (Å²) in [5, 5.41) is 4.76. The molecule has 20 heavy (non-hydrogen) atoms. The minimum atomic E-state index is 0.398. The Hall–Kier alpha value is -0.440. The number of hydrogen-bond donors (Lipinski definition) is 1. The molecule has 0 unspecified atom stereocenters. The van der Waals surface area contributed by atoms with Crippen LogP contribution in [-0.4, -0.2) is 7.05 Å². The molecule has 2 aromatic carbocycles. The van der Waals surface area contributed by atoms with Gasteiger partial charge in [0.1, 0.15) is 0 Å². The second-order valence-electron chi connectivity index (χ2n) is 4.52. The second-order valence-corrected chi connectivity index (χ2v) is 6.09. The predicted molar refractivity (Wildman–Crippen MR) is 89.4 cm³/mol. The Balaban J connectivity index is 2.70. The number of benzene rings is 2. The van der Waals surface area contributed by atoms with Gasteiger partial charge >= 0.3 is 0 Å². The molecule has 0 saturated carbocycles. The van der Waals surface area contributed by atoms with Gasteiger partial charge in [-0.3, -0.25) is 0 Å². The lowest BCUT2D eigenvalue weighted by atomic mass is 9.98. The third-order valence-corrected chi connectivity index (χ3v) is 4.64. The molecule has 0 aliphatic heterocycles. The Morgan fingerprint density at radius 3 is 2.10 bits per heavy atom. The van der Waals surface area contributed by atoms with Crippen molar-refractivity contribution in [2.24, 2.45) is 0 Å². The van der Waals surface area contributed by atoms with Crippen LogP contribution in [0.15, 0.2) is 24.3 Å². The molecule has 2 rings (SSSR count). The highest BCUT2D eigenvalue weighted by atomic mass is 35.5. The standard InChI is InChI=1S/C15H13Cl4N/c1-8-3-4-9(7-20-2)5-10(8)13-14(18)11(16)6-12(17)15(13)19/h3-6,20H,7H2,1-2H3. The van der Waals surface area contributed by atoms with Crippen LogP contribution in [0, 0.1) is 6.92 Å². The number of rotatable bonds is 3. The van der Waals surface area contributed by atoms with Gasteiger partial charge in [0.05, 0.1) is 20.1 Å². The van der Waals surface area contributed by atoms with E-state index in [1.165, 1.54) is 0 Å². The van der Waals surface area contributed by atoms with Crippen molar-refractivity contribution in [1.82, 2.24) is 5.32 Å². The summed E-state index contributed by atoms with van der Waals surface area (Å²) in [6, 6.07) is 7.70. The lowest BCUT2D eigenvalue weighted by molar-refractivity contribution is 0.818. The Morgan fingerprint density at radius 2 is 1.55 bits per heavy atom. The fourth-order valence-electron chi connectivity index (χ4n) is 2.06. The van der Waals surface area contributed by atoms with Gasteiger partial charge in [0.15, 0.2) is 0 Å². The van der Waals surface area contributed by atoms with E-state index in [0.717, 1.165) is 23.2 Å². The third kappa shape index (κ3) is 3.08. The van der Waals surface area contributed by atoms with Gasteiger partial charge in [-0.05, 0) is 42.8 Å². The van der Waals surface area contributed by atoms with Crippen molar-refractivity contribution in [3.63, 3.8) is 0 Å². The monoisotopic (exact) mass is 347 g/mol. The summed E-state index contributed by atoms with van der Waals surface area (Å²) >= 11 is 24.8. The van der Waals surface area contributed by atoms with Gasteiger partial charge in [-0.1, -0.05) is 58.5 Å². The first kappa shape index (κ1) is 15.9. The lowest BCUT2D eigenvalue weighted by Gasteiger charge is -2.14. The van der Waals surface area contributed by atoms with E-state index in [4.69, 9.17) is 46.4 Å². The number of hydrogen-bond acceptors (Lipinski definition) is 1. The van der Waals surface area contributed by atoms with Crippen molar-refractivity contribution in [2.45, 2.75) is 13.5 Å². The van der Waals surface area contributed by atoms with Crippen LogP contribution in [0.5, 0.6) is 0 Å². The molecule has 0 aromatic heterocycles. The van der Waals surface area contributed by atoms with Crippen LogP contribution in [0.1, 0.15) is 11.1 Å². The summed E-state index contributed by atoms with van der Waals surface area (Å²) in [5.41, 5.74) is 3.82. The molecule has 0 radical (unpaired) electrons.